The number of fused-ring (bicyclic) bond motifs is 1. The van der Waals surface area contributed by atoms with Crippen molar-refractivity contribution in [3.05, 3.63) is 53.6 Å². The van der Waals surface area contributed by atoms with Gasteiger partial charge in [0.2, 0.25) is 0 Å². The number of aromatic nitrogens is 2. The molecule has 1 aromatic heterocycles. The van der Waals surface area contributed by atoms with Crippen LogP contribution < -0.4 is 5.48 Å². The Bertz CT molecular complexity index is 877. The SMILES string of the molecule is N#Cc1cccc(-c2nc3ccc(C(=O)NO)cc3[nH]2)c1. The van der Waals surface area contributed by atoms with Crippen LogP contribution in [0.3, 0.4) is 0 Å². The fourth-order valence-corrected chi connectivity index (χ4v) is 2.09. The molecule has 21 heavy (non-hydrogen) atoms. The number of hydrogen-bond donors (Lipinski definition) is 3. The number of amides is 1. The van der Waals surface area contributed by atoms with Gasteiger partial charge >= 0.3 is 0 Å². The third-order valence-electron chi connectivity index (χ3n) is 3.11. The van der Waals surface area contributed by atoms with E-state index in [1.54, 1.807) is 41.9 Å². The molecule has 0 unspecified atom stereocenters. The van der Waals surface area contributed by atoms with E-state index in [0.717, 1.165) is 5.56 Å². The molecule has 0 radical (unpaired) electrons. The van der Waals surface area contributed by atoms with Crippen LogP contribution in [0.5, 0.6) is 0 Å². The highest BCUT2D eigenvalue weighted by atomic mass is 16.5. The first-order valence-corrected chi connectivity index (χ1v) is 6.16. The normalized spacial score (nSPS) is 10.3. The number of benzene rings is 2. The predicted molar refractivity (Wildman–Crippen MR) is 75.5 cm³/mol. The fraction of sp³-hybridized carbons (Fsp3) is 0. The van der Waals surface area contributed by atoms with Gasteiger partial charge in [0.15, 0.2) is 0 Å². The van der Waals surface area contributed by atoms with E-state index in [1.165, 1.54) is 0 Å². The molecule has 3 aromatic rings. The van der Waals surface area contributed by atoms with Crippen molar-refractivity contribution >= 4 is 16.9 Å². The maximum atomic E-state index is 11.4. The zero-order valence-electron chi connectivity index (χ0n) is 10.8. The molecule has 3 rings (SSSR count). The average Bonchev–Trinajstić information content (AvgIpc) is 2.97. The molecular formula is C15H10N4O2. The molecule has 1 amide bonds. The summed E-state index contributed by atoms with van der Waals surface area (Å²) in [5.74, 6) is 0.0307. The largest absolute Gasteiger partial charge is 0.338 e. The topological polar surface area (TPSA) is 102 Å². The number of carbonyl (C=O) groups is 1. The molecule has 6 nitrogen and oxygen atoms in total. The highest BCUT2D eigenvalue weighted by molar-refractivity contribution is 5.97. The smallest absolute Gasteiger partial charge is 0.274 e. The number of hydrogen-bond acceptors (Lipinski definition) is 4. The summed E-state index contributed by atoms with van der Waals surface area (Å²) in [5, 5.41) is 17.6. The molecule has 3 N–H and O–H groups in total. The Morgan fingerprint density at radius 1 is 1.29 bits per heavy atom. The maximum absolute atomic E-state index is 11.4. The summed E-state index contributed by atoms with van der Waals surface area (Å²) < 4.78 is 0. The fourth-order valence-electron chi connectivity index (χ4n) is 2.09. The first-order chi connectivity index (χ1) is 10.2. The minimum atomic E-state index is -0.584. The van der Waals surface area contributed by atoms with Crippen LogP contribution in [0.4, 0.5) is 0 Å². The van der Waals surface area contributed by atoms with Crippen molar-refractivity contribution in [1.29, 1.82) is 5.26 Å². The number of nitrogens with zero attached hydrogens (tertiary/aromatic N) is 2. The number of carbonyl (C=O) groups excluding carboxylic acids is 1. The summed E-state index contributed by atoms with van der Waals surface area (Å²) >= 11 is 0. The molecule has 102 valence electrons. The van der Waals surface area contributed by atoms with Gasteiger partial charge in [0.25, 0.3) is 5.91 Å². The predicted octanol–water partition coefficient (Wildman–Crippen LogP) is 2.22. The Morgan fingerprint density at radius 3 is 2.90 bits per heavy atom. The van der Waals surface area contributed by atoms with E-state index in [1.807, 2.05) is 6.07 Å². The first kappa shape index (κ1) is 12.8. The lowest BCUT2D eigenvalue weighted by Gasteiger charge is -1.97. The monoisotopic (exact) mass is 278 g/mol. The summed E-state index contributed by atoms with van der Waals surface area (Å²) in [5.41, 5.74) is 4.63. The van der Waals surface area contributed by atoms with Crippen molar-refractivity contribution in [2.45, 2.75) is 0 Å². The van der Waals surface area contributed by atoms with Gasteiger partial charge in [-0.2, -0.15) is 5.26 Å². The minimum Gasteiger partial charge on any atom is -0.338 e. The van der Waals surface area contributed by atoms with E-state index in [0.29, 0.717) is 28.0 Å². The number of nitrogens with one attached hydrogen (secondary N) is 2. The van der Waals surface area contributed by atoms with Gasteiger partial charge in [-0.05, 0) is 30.3 Å². The second-order valence-corrected chi connectivity index (χ2v) is 4.45. The van der Waals surface area contributed by atoms with Crippen molar-refractivity contribution < 1.29 is 10.0 Å². The van der Waals surface area contributed by atoms with Crippen molar-refractivity contribution in [2.75, 3.05) is 0 Å². The van der Waals surface area contributed by atoms with Crippen molar-refractivity contribution in [2.24, 2.45) is 0 Å². The molecule has 0 aliphatic carbocycles. The lowest BCUT2D eigenvalue weighted by molar-refractivity contribution is 0.0706. The standard InChI is InChI=1S/C15H10N4O2/c16-8-9-2-1-3-10(6-9)14-17-12-5-4-11(15(20)19-21)7-13(12)18-14/h1-7,21H,(H,17,18)(H,19,20). The number of rotatable bonds is 2. The lowest BCUT2D eigenvalue weighted by Crippen LogP contribution is -2.18. The van der Waals surface area contributed by atoms with Crippen LogP contribution in [-0.4, -0.2) is 21.1 Å². The minimum absolute atomic E-state index is 0.325. The number of imidazole rings is 1. The summed E-state index contributed by atoms with van der Waals surface area (Å²) in [7, 11) is 0. The van der Waals surface area contributed by atoms with Gasteiger partial charge in [-0.15, -0.1) is 0 Å². The molecule has 0 saturated heterocycles. The van der Waals surface area contributed by atoms with Gasteiger partial charge in [0.1, 0.15) is 5.82 Å². The summed E-state index contributed by atoms with van der Waals surface area (Å²) in [4.78, 5) is 18.9. The van der Waals surface area contributed by atoms with E-state index >= 15 is 0 Å². The van der Waals surface area contributed by atoms with Crippen molar-refractivity contribution in [3.63, 3.8) is 0 Å². The van der Waals surface area contributed by atoms with E-state index < -0.39 is 5.91 Å². The average molecular weight is 278 g/mol. The molecule has 2 aromatic carbocycles. The molecule has 0 saturated carbocycles. The van der Waals surface area contributed by atoms with E-state index in [9.17, 15) is 4.79 Å². The number of aromatic amines is 1. The van der Waals surface area contributed by atoms with Gasteiger partial charge in [0, 0.05) is 11.1 Å². The quantitative estimate of drug-likeness (QED) is 0.494. The van der Waals surface area contributed by atoms with Crippen LogP contribution in [0.2, 0.25) is 0 Å². The Hall–Kier alpha value is -3.17. The zero-order valence-corrected chi connectivity index (χ0v) is 10.8. The Labute approximate surface area is 119 Å². The summed E-state index contributed by atoms with van der Waals surface area (Å²) in [6, 6.07) is 14.0. The maximum Gasteiger partial charge on any atom is 0.274 e. The summed E-state index contributed by atoms with van der Waals surface area (Å²) in [6.45, 7) is 0. The number of hydroxylamine groups is 1. The van der Waals surface area contributed by atoms with Gasteiger partial charge < -0.3 is 4.98 Å². The molecular weight excluding hydrogens is 268 g/mol. The molecule has 0 aliphatic rings. The van der Waals surface area contributed by atoms with Crippen molar-refractivity contribution in [1.82, 2.24) is 15.4 Å². The van der Waals surface area contributed by atoms with Gasteiger partial charge in [-0.25, -0.2) is 10.5 Å². The second kappa shape index (κ2) is 5.07. The molecule has 0 bridgehead atoms. The van der Waals surface area contributed by atoms with Crippen LogP contribution in [0, 0.1) is 11.3 Å². The van der Waals surface area contributed by atoms with Crippen LogP contribution in [-0.2, 0) is 0 Å². The highest BCUT2D eigenvalue weighted by Crippen LogP contribution is 2.22. The van der Waals surface area contributed by atoms with E-state index in [2.05, 4.69) is 16.0 Å². The summed E-state index contributed by atoms with van der Waals surface area (Å²) in [6.07, 6.45) is 0. The molecule has 0 aliphatic heterocycles. The Balaban J connectivity index is 2.08. The van der Waals surface area contributed by atoms with E-state index in [4.69, 9.17) is 10.5 Å². The van der Waals surface area contributed by atoms with E-state index in [-0.39, 0.29) is 0 Å². The first-order valence-electron chi connectivity index (χ1n) is 6.16. The third kappa shape index (κ3) is 2.33. The number of nitriles is 1. The third-order valence-corrected chi connectivity index (χ3v) is 3.11. The van der Waals surface area contributed by atoms with Crippen LogP contribution in [0.15, 0.2) is 42.5 Å². The van der Waals surface area contributed by atoms with Gasteiger partial charge in [0.05, 0.1) is 22.7 Å². The molecule has 0 spiro atoms. The van der Waals surface area contributed by atoms with Crippen molar-refractivity contribution in [3.8, 4) is 17.5 Å². The van der Waals surface area contributed by atoms with Crippen LogP contribution >= 0.6 is 0 Å². The zero-order chi connectivity index (χ0) is 14.8. The van der Waals surface area contributed by atoms with Crippen LogP contribution in [0.1, 0.15) is 15.9 Å². The molecule has 0 fully saturated rings. The second-order valence-electron chi connectivity index (χ2n) is 4.45. The van der Waals surface area contributed by atoms with Gasteiger partial charge in [-0.1, -0.05) is 12.1 Å². The lowest BCUT2D eigenvalue weighted by atomic mass is 10.1. The highest BCUT2D eigenvalue weighted by Gasteiger charge is 2.09. The van der Waals surface area contributed by atoms with Gasteiger partial charge in [-0.3, -0.25) is 10.0 Å². The molecule has 0 atom stereocenters. The van der Waals surface area contributed by atoms with Crippen LogP contribution in [0.25, 0.3) is 22.4 Å². The molecule has 1 heterocycles. The Kier molecular flexibility index (Phi) is 3.10. The number of H-pyrrole nitrogens is 1. The molecule has 6 heteroatoms. The Morgan fingerprint density at radius 2 is 2.14 bits per heavy atom.